The van der Waals surface area contributed by atoms with Gasteiger partial charge in [0, 0.05) is 5.56 Å². The third kappa shape index (κ3) is 2.20. The van der Waals surface area contributed by atoms with Gasteiger partial charge in [-0.1, -0.05) is 0 Å². The van der Waals surface area contributed by atoms with E-state index in [1.165, 1.54) is 29.5 Å². The number of anilines is 1. The lowest BCUT2D eigenvalue weighted by atomic mass is 10.1. The molecular formula is C11H8FNO2S. The van der Waals surface area contributed by atoms with E-state index in [4.69, 9.17) is 5.11 Å². The predicted molar refractivity (Wildman–Crippen MR) is 61.4 cm³/mol. The Morgan fingerprint density at radius 2 is 2.19 bits per heavy atom. The molecular weight excluding hydrogens is 229 g/mol. The molecule has 0 aliphatic heterocycles. The number of halogens is 1. The van der Waals surface area contributed by atoms with Crippen LogP contribution in [0.4, 0.5) is 14.9 Å². The van der Waals surface area contributed by atoms with Gasteiger partial charge in [-0.2, -0.15) is 11.3 Å². The van der Waals surface area contributed by atoms with Crippen LogP contribution in [0.3, 0.4) is 0 Å². The number of nitrogens with one attached hydrogen (secondary N) is 1. The van der Waals surface area contributed by atoms with Gasteiger partial charge in [-0.15, -0.1) is 0 Å². The van der Waals surface area contributed by atoms with Crippen molar-refractivity contribution in [3.63, 3.8) is 0 Å². The molecule has 3 nitrogen and oxygen atoms in total. The van der Waals surface area contributed by atoms with Gasteiger partial charge in [0.05, 0.1) is 5.69 Å². The molecule has 0 saturated carbocycles. The van der Waals surface area contributed by atoms with Crippen LogP contribution in [0.2, 0.25) is 0 Å². The molecule has 1 aromatic heterocycles. The number of hydrogen-bond donors (Lipinski definition) is 2. The standard InChI is InChI=1S/C11H8FNO2S/c12-8-1-2-10(13-11(14)15)9(5-8)7-3-4-16-6-7/h1-6,13H,(H,14,15). The monoisotopic (exact) mass is 237 g/mol. The van der Waals surface area contributed by atoms with E-state index in [1.807, 2.05) is 16.8 Å². The van der Waals surface area contributed by atoms with Gasteiger partial charge in [0.2, 0.25) is 0 Å². The van der Waals surface area contributed by atoms with Crippen LogP contribution in [0.15, 0.2) is 35.0 Å². The van der Waals surface area contributed by atoms with Gasteiger partial charge in [0.15, 0.2) is 0 Å². The fraction of sp³-hybridized carbons (Fsp3) is 0. The number of thiophene rings is 1. The lowest BCUT2D eigenvalue weighted by Crippen LogP contribution is -2.08. The summed E-state index contributed by atoms with van der Waals surface area (Å²) in [4.78, 5) is 10.6. The molecule has 0 aliphatic carbocycles. The maximum Gasteiger partial charge on any atom is 0.409 e. The highest BCUT2D eigenvalue weighted by atomic mass is 32.1. The highest BCUT2D eigenvalue weighted by Gasteiger charge is 2.09. The minimum Gasteiger partial charge on any atom is -0.465 e. The first kappa shape index (κ1) is 10.6. The third-order valence-corrected chi connectivity index (χ3v) is 2.74. The van der Waals surface area contributed by atoms with Gasteiger partial charge in [-0.3, -0.25) is 5.32 Å². The Bertz CT molecular complexity index is 511. The summed E-state index contributed by atoms with van der Waals surface area (Å²) in [5.74, 6) is -0.392. The van der Waals surface area contributed by atoms with E-state index in [0.29, 0.717) is 11.3 Å². The largest absolute Gasteiger partial charge is 0.465 e. The van der Waals surface area contributed by atoms with Crippen molar-refractivity contribution in [2.45, 2.75) is 0 Å². The first-order chi connectivity index (χ1) is 7.66. The fourth-order valence-electron chi connectivity index (χ4n) is 1.40. The van der Waals surface area contributed by atoms with Crippen molar-refractivity contribution in [3.8, 4) is 11.1 Å². The average molecular weight is 237 g/mol. The van der Waals surface area contributed by atoms with Crippen LogP contribution in [-0.4, -0.2) is 11.2 Å². The first-order valence-electron chi connectivity index (χ1n) is 4.49. The molecule has 2 N–H and O–H groups in total. The topological polar surface area (TPSA) is 49.3 Å². The van der Waals surface area contributed by atoms with Crippen LogP contribution in [-0.2, 0) is 0 Å². The maximum atomic E-state index is 13.1. The molecule has 0 radical (unpaired) electrons. The average Bonchev–Trinajstić information content (AvgIpc) is 2.73. The summed E-state index contributed by atoms with van der Waals surface area (Å²) in [5, 5.41) is 14.6. The molecule has 0 saturated heterocycles. The van der Waals surface area contributed by atoms with Crippen molar-refractivity contribution in [2.24, 2.45) is 0 Å². The van der Waals surface area contributed by atoms with Crippen molar-refractivity contribution in [2.75, 3.05) is 5.32 Å². The number of benzene rings is 1. The summed E-state index contributed by atoms with van der Waals surface area (Å²) in [5.41, 5.74) is 1.73. The molecule has 0 fully saturated rings. The number of rotatable bonds is 2. The van der Waals surface area contributed by atoms with Crippen LogP contribution in [0.25, 0.3) is 11.1 Å². The molecule has 0 unspecified atom stereocenters. The Kier molecular flexibility index (Phi) is 2.87. The first-order valence-corrected chi connectivity index (χ1v) is 5.43. The van der Waals surface area contributed by atoms with Gasteiger partial charge < -0.3 is 5.11 Å². The number of carboxylic acid groups (broad SMARTS) is 1. The van der Waals surface area contributed by atoms with Gasteiger partial charge >= 0.3 is 6.09 Å². The van der Waals surface area contributed by atoms with Crippen LogP contribution >= 0.6 is 11.3 Å². The minimum absolute atomic E-state index is 0.382. The van der Waals surface area contributed by atoms with Crippen LogP contribution in [0, 0.1) is 5.82 Å². The smallest absolute Gasteiger partial charge is 0.409 e. The molecule has 5 heteroatoms. The quantitative estimate of drug-likeness (QED) is 0.837. The van der Waals surface area contributed by atoms with E-state index < -0.39 is 11.9 Å². The van der Waals surface area contributed by atoms with E-state index in [9.17, 15) is 9.18 Å². The molecule has 82 valence electrons. The van der Waals surface area contributed by atoms with Crippen molar-refractivity contribution in [1.29, 1.82) is 0 Å². The Morgan fingerprint density at radius 1 is 1.38 bits per heavy atom. The zero-order chi connectivity index (χ0) is 11.5. The molecule has 0 atom stereocenters. The second kappa shape index (κ2) is 4.32. The Labute approximate surface area is 95.2 Å². The van der Waals surface area contributed by atoms with E-state index >= 15 is 0 Å². The van der Waals surface area contributed by atoms with Gasteiger partial charge in [-0.25, -0.2) is 9.18 Å². The summed E-state index contributed by atoms with van der Waals surface area (Å²) in [6, 6.07) is 5.76. The van der Waals surface area contributed by atoms with Gasteiger partial charge in [0.1, 0.15) is 5.82 Å². The normalized spacial score (nSPS) is 10.1. The second-order valence-corrected chi connectivity index (χ2v) is 3.91. The Morgan fingerprint density at radius 3 is 2.81 bits per heavy atom. The fourth-order valence-corrected chi connectivity index (χ4v) is 2.05. The van der Waals surface area contributed by atoms with Crippen LogP contribution in [0.5, 0.6) is 0 Å². The summed E-state index contributed by atoms with van der Waals surface area (Å²) in [7, 11) is 0. The lowest BCUT2D eigenvalue weighted by Gasteiger charge is -2.07. The van der Waals surface area contributed by atoms with Gasteiger partial charge in [-0.05, 0) is 40.6 Å². The molecule has 0 spiro atoms. The number of hydrogen-bond acceptors (Lipinski definition) is 2. The van der Waals surface area contributed by atoms with E-state index in [0.717, 1.165) is 5.56 Å². The minimum atomic E-state index is -1.16. The molecule has 2 aromatic rings. The third-order valence-electron chi connectivity index (χ3n) is 2.06. The predicted octanol–water partition coefficient (Wildman–Crippen LogP) is 3.64. The molecule has 2 rings (SSSR count). The number of carbonyl (C=O) groups is 1. The molecule has 16 heavy (non-hydrogen) atoms. The van der Waals surface area contributed by atoms with E-state index in [1.54, 1.807) is 0 Å². The molecule has 0 bridgehead atoms. The highest BCUT2D eigenvalue weighted by molar-refractivity contribution is 7.08. The number of amides is 1. The molecule has 0 aliphatic rings. The van der Waals surface area contributed by atoms with Gasteiger partial charge in [0.25, 0.3) is 0 Å². The molecule has 1 heterocycles. The zero-order valence-corrected chi connectivity index (χ0v) is 8.92. The Hall–Kier alpha value is -1.88. The van der Waals surface area contributed by atoms with Crippen LogP contribution < -0.4 is 5.32 Å². The second-order valence-electron chi connectivity index (χ2n) is 3.13. The SMILES string of the molecule is O=C(O)Nc1ccc(F)cc1-c1ccsc1. The molecule has 1 aromatic carbocycles. The summed E-state index contributed by atoms with van der Waals surface area (Å²) in [6.07, 6.45) is -1.16. The van der Waals surface area contributed by atoms with E-state index in [2.05, 4.69) is 5.32 Å². The highest BCUT2D eigenvalue weighted by Crippen LogP contribution is 2.30. The maximum absolute atomic E-state index is 13.1. The summed E-state index contributed by atoms with van der Waals surface area (Å²) >= 11 is 1.47. The zero-order valence-electron chi connectivity index (χ0n) is 8.11. The van der Waals surface area contributed by atoms with Crippen molar-refractivity contribution < 1.29 is 14.3 Å². The van der Waals surface area contributed by atoms with Crippen molar-refractivity contribution in [1.82, 2.24) is 0 Å². The molecule has 1 amide bonds. The van der Waals surface area contributed by atoms with E-state index in [-0.39, 0.29) is 0 Å². The summed E-state index contributed by atoms with van der Waals surface area (Å²) in [6.45, 7) is 0. The van der Waals surface area contributed by atoms with Crippen molar-refractivity contribution in [3.05, 3.63) is 40.8 Å². The van der Waals surface area contributed by atoms with Crippen molar-refractivity contribution >= 4 is 23.1 Å². The Balaban J connectivity index is 2.48. The summed E-state index contributed by atoms with van der Waals surface area (Å²) < 4.78 is 13.1. The van der Waals surface area contributed by atoms with Crippen LogP contribution in [0.1, 0.15) is 0 Å². The lowest BCUT2D eigenvalue weighted by molar-refractivity contribution is 0.210.